The van der Waals surface area contributed by atoms with Gasteiger partial charge in [-0.05, 0) is 6.92 Å². The molecule has 0 amide bonds. The van der Waals surface area contributed by atoms with Crippen molar-refractivity contribution in [2.45, 2.75) is 20.0 Å². The van der Waals surface area contributed by atoms with Crippen LogP contribution < -0.4 is 5.48 Å². The summed E-state index contributed by atoms with van der Waals surface area (Å²) in [6.45, 7) is 4.74. The number of hydrogen-bond acceptors (Lipinski definition) is 3. The smallest absolute Gasteiger partial charge is 0.0938 e. The number of aliphatic hydroxyl groups excluding tert-OH is 1. The van der Waals surface area contributed by atoms with Gasteiger partial charge in [0.15, 0.2) is 0 Å². The third-order valence-corrected chi connectivity index (χ3v) is 0.571. The molecule has 0 saturated carbocycles. The Kier molecular flexibility index (Phi) is 4.95. The van der Waals surface area contributed by atoms with Crippen LogP contribution in [0.25, 0.3) is 0 Å². The maximum Gasteiger partial charge on any atom is 0.0938 e. The van der Waals surface area contributed by atoms with Gasteiger partial charge in [0, 0.05) is 6.54 Å². The second-order valence-corrected chi connectivity index (χ2v) is 1.66. The van der Waals surface area contributed by atoms with Gasteiger partial charge in [0.1, 0.15) is 0 Å². The van der Waals surface area contributed by atoms with E-state index < -0.39 is 0 Å². The Hall–Kier alpha value is -0.120. The molecule has 1 atom stereocenters. The van der Waals surface area contributed by atoms with E-state index in [9.17, 15) is 0 Å². The van der Waals surface area contributed by atoms with Crippen molar-refractivity contribution in [3.63, 3.8) is 0 Å². The van der Waals surface area contributed by atoms with Crippen molar-refractivity contribution in [3.8, 4) is 0 Å². The van der Waals surface area contributed by atoms with Gasteiger partial charge in [0.25, 0.3) is 0 Å². The summed E-state index contributed by atoms with van der Waals surface area (Å²) in [5.74, 6) is 0. The van der Waals surface area contributed by atoms with Crippen molar-refractivity contribution in [2.24, 2.45) is 0 Å². The highest BCUT2D eigenvalue weighted by Crippen LogP contribution is 1.76. The fourth-order valence-electron chi connectivity index (χ4n) is 0.282. The first-order valence-electron chi connectivity index (χ1n) is 2.80. The van der Waals surface area contributed by atoms with Crippen LogP contribution in [0, 0.1) is 0 Å². The highest BCUT2D eigenvalue weighted by Gasteiger charge is 1.91. The molecule has 0 rings (SSSR count). The van der Waals surface area contributed by atoms with E-state index in [0.717, 1.165) is 6.54 Å². The molecule has 3 heteroatoms. The zero-order valence-electron chi connectivity index (χ0n) is 5.35. The van der Waals surface area contributed by atoms with Crippen LogP contribution in [-0.4, -0.2) is 24.4 Å². The molecule has 0 fully saturated rings. The second kappa shape index (κ2) is 5.03. The molecule has 0 aromatic carbocycles. The van der Waals surface area contributed by atoms with E-state index in [2.05, 4.69) is 5.48 Å². The van der Waals surface area contributed by atoms with Gasteiger partial charge < -0.3 is 5.11 Å². The number of hydrogen-bond donors (Lipinski definition) is 2. The summed E-state index contributed by atoms with van der Waals surface area (Å²) in [4.78, 5) is 4.74. The van der Waals surface area contributed by atoms with E-state index in [4.69, 9.17) is 9.94 Å². The minimum Gasteiger partial charge on any atom is -0.391 e. The van der Waals surface area contributed by atoms with E-state index in [1.807, 2.05) is 6.92 Å². The fraction of sp³-hybridized carbons (Fsp3) is 1.00. The molecule has 0 aromatic heterocycles. The minimum atomic E-state index is -0.381. The normalized spacial score (nSPS) is 13.9. The van der Waals surface area contributed by atoms with Crippen molar-refractivity contribution >= 4 is 0 Å². The summed E-state index contributed by atoms with van der Waals surface area (Å²) in [6.07, 6.45) is -0.381. The third kappa shape index (κ3) is 5.88. The lowest BCUT2D eigenvalue weighted by Gasteiger charge is -2.03. The van der Waals surface area contributed by atoms with Crippen LogP contribution in [0.3, 0.4) is 0 Å². The van der Waals surface area contributed by atoms with Crippen LogP contribution in [0.5, 0.6) is 0 Å². The zero-order chi connectivity index (χ0) is 6.41. The van der Waals surface area contributed by atoms with Crippen molar-refractivity contribution in [3.05, 3.63) is 0 Å². The lowest BCUT2D eigenvalue weighted by Crippen LogP contribution is -2.20. The van der Waals surface area contributed by atoms with Gasteiger partial charge in [-0.25, -0.2) is 5.48 Å². The van der Waals surface area contributed by atoms with Crippen LogP contribution in [0.1, 0.15) is 13.8 Å². The lowest BCUT2D eigenvalue weighted by molar-refractivity contribution is -0.0105. The van der Waals surface area contributed by atoms with Crippen LogP contribution in [0.2, 0.25) is 0 Å². The van der Waals surface area contributed by atoms with Crippen molar-refractivity contribution in [1.82, 2.24) is 5.48 Å². The SMILES string of the molecule is CCNOCC(C)O. The topological polar surface area (TPSA) is 41.5 Å². The Morgan fingerprint density at radius 3 is 2.75 bits per heavy atom. The minimum absolute atomic E-state index is 0.355. The molecule has 0 aliphatic rings. The predicted octanol–water partition coefficient (Wildman–Crippen LogP) is -0.0917. The predicted molar refractivity (Wildman–Crippen MR) is 31.3 cm³/mol. The molecule has 0 radical (unpaired) electrons. The Labute approximate surface area is 49.6 Å². The average Bonchev–Trinajstić information content (AvgIpc) is 1.66. The van der Waals surface area contributed by atoms with E-state index >= 15 is 0 Å². The molecule has 3 nitrogen and oxygen atoms in total. The molecule has 50 valence electrons. The number of aliphatic hydroxyl groups is 1. The first kappa shape index (κ1) is 7.88. The summed E-state index contributed by atoms with van der Waals surface area (Å²) < 4.78 is 0. The molecular weight excluding hydrogens is 106 g/mol. The van der Waals surface area contributed by atoms with Gasteiger partial charge in [0.05, 0.1) is 12.7 Å². The molecule has 2 N–H and O–H groups in total. The fourth-order valence-corrected chi connectivity index (χ4v) is 0.282. The molecule has 1 unspecified atom stereocenters. The Morgan fingerprint density at radius 2 is 2.38 bits per heavy atom. The van der Waals surface area contributed by atoms with Gasteiger partial charge >= 0.3 is 0 Å². The Bertz CT molecular complexity index is 47.7. The van der Waals surface area contributed by atoms with E-state index in [1.165, 1.54) is 0 Å². The molecular formula is C5H13NO2. The zero-order valence-corrected chi connectivity index (χ0v) is 5.35. The largest absolute Gasteiger partial charge is 0.391 e. The molecule has 0 aromatic rings. The number of rotatable bonds is 4. The summed E-state index contributed by atoms with van der Waals surface area (Å²) in [7, 11) is 0. The Balaban J connectivity index is 2.72. The number of hydroxylamine groups is 1. The van der Waals surface area contributed by atoms with E-state index in [1.54, 1.807) is 6.92 Å². The highest BCUT2D eigenvalue weighted by molar-refractivity contribution is 4.37. The first-order chi connectivity index (χ1) is 3.77. The third-order valence-electron chi connectivity index (χ3n) is 0.571. The summed E-state index contributed by atoms with van der Waals surface area (Å²) in [6, 6.07) is 0. The second-order valence-electron chi connectivity index (χ2n) is 1.66. The maximum absolute atomic E-state index is 8.61. The van der Waals surface area contributed by atoms with Crippen LogP contribution >= 0.6 is 0 Å². The van der Waals surface area contributed by atoms with Gasteiger partial charge in [-0.15, -0.1) is 0 Å². The van der Waals surface area contributed by atoms with Gasteiger partial charge in [-0.3, -0.25) is 4.84 Å². The van der Waals surface area contributed by atoms with E-state index in [-0.39, 0.29) is 6.10 Å². The van der Waals surface area contributed by atoms with Crippen molar-refractivity contribution in [1.29, 1.82) is 0 Å². The monoisotopic (exact) mass is 119 g/mol. The standard InChI is InChI=1S/C5H13NO2/c1-3-6-8-4-5(2)7/h5-7H,3-4H2,1-2H3. The van der Waals surface area contributed by atoms with Crippen LogP contribution in [0.4, 0.5) is 0 Å². The Morgan fingerprint density at radius 1 is 1.75 bits per heavy atom. The quantitative estimate of drug-likeness (QED) is 0.401. The van der Waals surface area contributed by atoms with E-state index in [0.29, 0.717) is 6.61 Å². The van der Waals surface area contributed by atoms with Crippen LogP contribution in [0.15, 0.2) is 0 Å². The van der Waals surface area contributed by atoms with Gasteiger partial charge in [0.2, 0.25) is 0 Å². The summed E-state index contributed by atoms with van der Waals surface area (Å²) in [5.41, 5.74) is 2.62. The molecule has 8 heavy (non-hydrogen) atoms. The van der Waals surface area contributed by atoms with Gasteiger partial charge in [-0.1, -0.05) is 6.92 Å². The van der Waals surface area contributed by atoms with Crippen molar-refractivity contribution < 1.29 is 9.94 Å². The number of nitrogens with one attached hydrogen (secondary N) is 1. The lowest BCUT2D eigenvalue weighted by atomic mass is 10.5. The molecule has 0 spiro atoms. The average molecular weight is 119 g/mol. The molecule has 0 aliphatic heterocycles. The van der Waals surface area contributed by atoms with Gasteiger partial charge in [-0.2, -0.15) is 0 Å². The summed E-state index contributed by atoms with van der Waals surface area (Å²) in [5, 5.41) is 8.61. The molecule has 0 bridgehead atoms. The highest BCUT2D eigenvalue weighted by atomic mass is 16.6. The van der Waals surface area contributed by atoms with Crippen LogP contribution in [-0.2, 0) is 4.84 Å². The summed E-state index contributed by atoms with van der Waals surface area (Å²) >= 11 is 0. The van der Waals surface area contributed by atoms with Crippen molar-refractivity contribution in [2.75, 3.05) is 13.2 Å². The first-order valence-corrected chi connectivity index (χ1v) is 2.80. The molecule has 0 saturated heterocycles. The molecule has 0 aliphatic carbocycles. The molecule has 0 heterocycles. The maximum atomic E-state index is 8.61.